The molecule has 0 aliphatic heterocycles. The number of benzene rings is 2. The van der Waals surface area contributed by atoms with Crippen molar-refractivity contribution in [3.63, 3.8) is 0 Å². The first-order valence-electron chi connectivity index (χ1n) is 8.87. The Morgan fingerprint density at radius 2 is 1.93 bits per heavy atom. The molecule has 0 saturated heterocycles. The molecule has 0 bridgehead atoms. The maximum atomic E-state index is 12.7. The molecule has 1 N–H and O–H groups in total. The minimum Gasteiger partial charge on any atom is -0.457 e. The van der Waals surface area contributed by atoms with Gasteiger partial charge in [0.2, 0.25) is 0 Å². The third-order valence-corrected chi connectivity index (χ3v) is 4.90. The number of furan rings is 1. The number of hydrogen-bond donors (Lipinski definition) is 1. The smallest absolute Gasteiger partial charge is 0.266 e. The lowest BCUT2D eigenvalue weighted by molar-refractivity contribution is -0.112. The van der Waals surface area contributed by atoms with E-state index in [1.165, 1.54) is 6.08 Å². The topological polar surface area (TPSA) is 78.9 Å². The summed E-state index contributed by atoms with van der Waals surface area (Å²) >= 11 is 12.1. The number of amides is 1. The number of fused-ring (bicyclic) bond motifs is 1. The number of carbonyl (C=O) groups is 1. The first kappa shape index (κ1) is 19.7. The molecule has 5 nitrogen and oxygen atoms in total. The number of pyridine rings is 1. The number of carbonyl (C=O) groups excluding carboxylic acids is 1. The lowest BCUT2D eigenvalue weighted by Crippen LogP contribution is -2.13. The van der Waals surface area contributed by atoms with Crippen LogP contribution < -0.4 is 5.32 Å². The van der Waals surface area contributed by atoms with Gasteiger partial charge in [-0.3, -0.25) is 9.78 Å². The molecule has 1 amide bonds. The number of nitrogens with zero attached hydrogens (tertiary/aromatic N) is 2. The molecule has 0 fully saturated rings. The summed E-state index contributed by atoms with van der Waals surface area (Å²) < 4.78 is 5.75. The Morgan fingerprint density at radius 3 is 2.73 bits per heavy atom. The van der Waals surface area contributed by atoms with E-state index in [0.717, 1.165) is 5.39 Å². The van der Waals surface area contributed by atoms with E-state index in [2.05, 4.69) is 10.3 Å². The van der Waals surface area contributed by atoms with Crippen molar-refractivity contribution in [2.24, 2.45) is 0 Å². The predicted octanol–water partition coefficient (Wildman–Crippen LogP) is 6.35. The number of halogens is 2. The molecular formula is C23H13Cl2N3O2. The second-order valence-electron chi connectivity index (χ2n) is 6.33. The van der Waals surface area contributed by atoms with Crippen molar-refractivity contribution in [1.29, 1.82) is 5.26 Å². The van der Waals surface area contributed by atoms with Crippen LogP contribution in [-0.4, -0.2) is 10.9 Å². The van der Waals surface area contributed by atoms with Crippen molar-refractivity contribution < 1.29 is 9.21 Å². The van der Waals surface area contributed by atoms with Crippen molar-refractivity contribution in [1.82, 2.24) is 4.98 Å². The van der Waals surface area contributed by atoms with E-state index in [9.17, 15) is 10.1 Å². The molecule has 7 heteroatoms. The normalized spacial score (nSPS) is 11.3. The Bertz CT molecular complexity index is 1330. The van der Waals surface area contributed by atoms with Crippen LogP contribution in [0.25, 0.3) is 28.3 Å². The van der Waals surface area contributed by atoms with Gasteiger partial charge in [-0.15, -0.1) is 0 Å². The molecule has 2 heterocycles. The number of nitrogens with one attached hydrogen (secondary N) is 1. The van der Waals surface area contributed by atoms with Gasteiger partial charge in [0, 0.05) is 28.2 Å². The largest absolute Gasteiger partial charge is 0.457 e. The van der Waals surface area contributed by atoms with E-state index in [1.807, 2.05) is 30.3 Å². The molecule has 4 rings (SSSR count). The molecule has 0 aliphatic carbocycles. The Balaban J connectivity index is 1.60. The zero-order valence-corrected chi connectivity index (χ0v) is 16.9. The lowest BCUT2D eigenvalue weighted by Gasteiger charge is -2.07. The molecule has 0 spiro atoms. The van der Waals surface area contributed by atoms with Gasteiger partial charge in [-0.1, -0.05) is 41.4 Å². The third-order valence-electron chi connectivity index (χ3n) is 4.36. The Morgan fingerprint density at radius 1 is 1.10 bits per heavy atom. The zero-order valence-electron chi connectivity index (χ0n) is 15.4. The van der Waals surface area contributed by atoms with Crippen molar-refractivity contribution in [2.45, 2.75) is 0 Å². The van der Waals surface area contributed by atoms with Crippen molar-refractivity contribution in [3.8, 4) is 17.4 Å². The van der Waals surface area contributed by atoms with E-state index in [1.54, 1.807) is 42.6 Å². The molecular weight excluding hydrogens is 421 g/mol. The fourth-order valence-corrected chi connectivity index (χ4v) is 3.45. The van der Waals surface area contributed by atoms with Crippen LogP contribution in [0.15, 0.2) is 76.9 Å². The Hall–Kier alpha value is -3.59. The minimum absolute atomic E-state index is 0.106. The van der Waals surface area contributed by atoms with Crippen LogP contribution in [0.2, 0.25) is 10.0 Å². The monoisotopic (exact) mass is 433 g/mol. The molecule has 0 atom stereocenters. The van der Waals surface area contributed by atoms with Crippen LogP contribution in [0, 0.1) is 11.3 Å². The minimum atomic E-state index is -0.557. The fourth-order valence-electron chi connectivity index (χ4n) is 2.95. The van der Waals surface area contributed by atoms with E-state index in [0.29, 0.717) is 38.3 Å². The van der Waals surface area contributed by atoms with Crippen LogP contribution in [-0.2, 0) is 4.79 Å². The standard InChI is InChI=1S/C23H13Cl2N3O2/c24-16-6-8-18(19(25)12-16)21-9-7-17(30-21)11-15(13-26)23(29)28-20-5-1-3-14-4-2-10-27-22(14)20/h1-12H,(H,28,29)/b15-11+. The highest BCUT2D eigenvalue weighted by molar-refractivity contribution is 6.36. The highest BCUT2D eigenvalue weighted by Crippen LogP contribution is 2.32. The Kier molecular flexibility index (Phi) is 5.53. The van der Waals surface area contributed by atoms with Crippen LogP contribution >= 0.6 is 23.2 Å². The second-order valence-corrected chi connectivity index (χ2v) is 7.17. The summed E-state index contributed by atoms with van der Waals surface area (Å²) in [6.07, 6.45) is 3.02. The third kappa shape index (κ3) is 4.06. The number of aromatic nitrogens is 1. The van der Waals surface area contributed by atoms with Gasteiger partial charge in [0.15, 0.2) is 0 Å². The van der Waals surface area contributed by atoms with Gasteiger partial charge >= 0.3 is 0 Å². The number of anilines is 1. The quantitative estimate of drug-likeness (QED) is 0.300. The highest BCUT2D eigenvalue weighted by Gasteiger charge is 2.14. The van der Waals surface area contributed by atoms with E-state index in [-0.39, 0.29) is 5.57 Å². The first-order valence-corrected chi connectivity index (χ1v) is 9.63. The fraction of sp³-hybridized carbons (Fsp3) is 0. The molecule has 4 aromatic rings. The summed E-state index contributed by atoms with van der Waals surface area (Å²) in [5.74, 6) is 0.288. The summed E-state index contributed by atoms with van der Waals surface area (Å²) in [5.41, 5.74) is 1.71. The van der Waals surface area contributed by atoms with Crippen LogP contribution in [0.3, 0.4) is 0 Å². The molecule has 0 unspecified atom stereocenters. The van der Waals surface area contributed by atoms with Crippen molar-refractivity contribution in [2.75, 3.05) is 5.32 Å². The maximum Gasteiger partial charge on any atom is 0.266 e. The van der Waals surface area contributed by atoms with Crippen LogP contribution in [0.1, 0.15) is 5.76 Å². The van der Waals surface area contributed by atoms with E-state index >= 15 is 0 Å². The van der Waals surface area contributed by atoms with Gasteiger partial charge in [0.1, 0.15) is 23.2 Å². The van der Waals surface area contributed by atoms with E-state index < -0.39 is 5.91 Å². The maximum absolute atomic E-state index is 12.7. The number of rotatable bonds is 4. The SMILES string of the molecule is N#C/C(=C\c1ccc(-c2ccc(Cl)cc2Cl)o1)C(=O)Nc1cccc2cccnc12. The first-order chi connectivity index (χ1) is 14.5. The summed E-state index contributed by atoms with van der Waals surface area (Å²) in [4.78, 5) is 17.0. The molecule has 30 heavy (non-hydrogen) atoms. The number of hydrogen-bond acceptors (Lipinski definition) is 4. The van der Waals surface area contributed by atoms with Crippen LogP contribution in [0.4, 0.5) is 5.69 Å². The van der Waals surface area contributed by atoms with Gasteiger partial charge in [-0.05, 0) is 42.5 Å². The van der Waals surface area contributed by atoms with Gasteiger partial charge in [0.25, 0.3) is 5.91 Å². The number of nitriles is 1. The van der Waals surface area contributed by atoms with E-state index in [4.69, 9.17) is 27.6 Å². The van der Waals surface area contributed by atoms with Crippen LogP contribution in [0.5, 0.6) is 0 Å². The summed E-state index contributed by atoms with van der Waals surface area (Å²) in [5, 5.41) is 14.1. The van der Waals surface area contributed by atoms with Gasteiger partial charge in [-0.25, -0.2) is 0 Å². The summed E-state index contributed by atoms with van der Waals surface area (Å²) in [6.45, 7) is 0. The summed E-state index contributed by atoms with van der Waals surface area (Å²) in [7, 11) is 0. The molecule has 2 aromatic heterocycles. The second kappa shape index (κ2) is 8.42. The van der Waals surface area contributed by atoms with Gasteiger partial charge in [-0.2, -0.15) is 5.26 Å². The predicted molar refractivity (Wildman–Crippen MR) is 118 cm³/mol. The highest BCUT2D eigenvalue weighted by atomic mass is 35.5. The van der Waals surface area contributed by atoms with Gasteiger partial charge in [0.05, 0.1) is 16.2 Å². The average molecular weight is 434 g/mol. The lowest BCUT2D eigenvalue weighted by atomic mass is 10.1. The Labute approximate surface area is 182 Å². The van der Waals surface area contributed by atoms with Crippen molar-refractivity contribution >= 4 is 51.8 Å². The van der Waals surface area contributed by atoms with Crippen molar-refractivity contribution in [3.05, 3.63) is 88.2 Å². The number of para-hydroxylation sites is 1. The molecule has 0 aliphatic rings. The zero-order chi connectivity index (χ0) is 21.1. The molecule has 0 saturated carbocycles. The molecule has 0 radical (unpaired) electrons. The molecule has 2 aromatic carbocycles. The van der Waals surface area contributed by atoms with Gasteiger partial charge < -0.3 is 9.73 Å². The molecule has 146 valence electrons. The average Bonchev–Trinajstić information content (AvgIpc) is 3.20. The summed E-state index contributed by atoms with van der Waals surface area (Å²) in [6, 6.07) is 19.5.